The van der Waals surface area contributed by atoms with Crippen molar-refractivity contribution >= 4 is 17.3 Å². The molecule has 0 amide bonds. The lowest BCUT2D eigenvalue weighted by Crippen LogP contribution is -2.71. The van der Waals surface area contributed by atoms with E-state index in [4.69, 9.17) is 18.9 Å². The summed E-state index contributed by atoms with van der Waals surface area (Å²) >= 11 is 0. The van der Waals surface area contributed by atoms with E-state index in [1.54, 1.807) is 6.20 Å². The maximum Gasteiger partial charge on any atom is 0.227 e. The Kier molecular flexibility index (Phi) is 7.66. The van der Waals surface area contributed by atoms with Gasteiger partial charge in [0.25, 0.3) is 0 Å². The Morgan fingerprint density at radius 1 is 0.976 bits per heavy atom. The third kappa shape index (κ3) is 5.59. The number of nitrogens with one attached hydrogen (secondary N) is 2. The number of hydrogen-bond acceptors (Lipinski definition) is 10. The minimum atomic E-state index is -0.862. The second-order valence-electron chi connectivity index (χ2n) is 10.3. The maximum absolute atomic E-state index is 14.6. The molecule has 4 aromatic rings. The number of aromatic nitrogens is 4. The summed E-state index contributed by atoms with van der Waals surface area (Å²) in [4.78, 5) is 10.9. The standard InChI is InChI=1S/C29H31F2N7O4/c1-39-24-11-25(40-2)27(31)21(26(24)30)14-42-20-12-33-28(34-13-20)36-19-4-5-22(37-17-29(18-37)15-32-16-29)23(10-19)41-9-8-38-7-3-6-35-38/h3-7,10-13,32H,8-9,14-18H2,1-2H3,(H,33,34,36). The topological polar surface area (TPSA) is 108 Å². The first-order valence-corrected chi connectivity index (χ1v) is 13.5. The highest BCUT2D eigenvalue weighted by molar-refractivity contribution is 5.68. The van der Waals surface area contributed by atoms with Crippen LogP contribution in [0, 0.1) is 17.0 Å². The molecular weight excluding hydrogens is 548 g/mol. The van der Waals surface area contributed by atoms with E-state index in [2.05, 4.69) is 30.6 Å². The second kappa shape index (κ2) is 11.7. The Hall–Kier alpha value is -4.65. The molecule has 2 fully saturated rings. The number of hydrogen-bond donors (Lipinski definition) is 2. The molecule has 2 aliphatic rings. The summed E-state index contributed by atoms with van der Waals surface area (Å²) < 4.78 is 52.8. The minimum Gasteiger partial charge on any atom is -0.494 e. The van der Waals surface area contributed by atoms with Crippen LogP contribution in [0.5, 0.6) is 23.0 Å². The molecule has 2 saturated heterocycles. The molecule has 2 aromatic carbocycles. The van der Waals surface area contributed by atoms with Crippen LogP contribution < -0.4 is 34.5 Å². The van der Waals surface area contributed by atoms with Gasteiger partial charge in [-0.1, -0.05) is 0 Å². The molecule has 0 saturated carbocycles. The van der Waals surface area contributed by atoms with E-state index < -0.39 is 18.2 Å². The molecule has 4 heterocycles. The van der Waals surface area contributed by atoms with E-state index in [9.17, 15) is 8.78 Å². The zero-order chi connectivity index (χ0) is 29.1. The Labute approximate surface area is 241 Å². The molecule has 0 atom stereocenters. The second-order valence-corrected chi connectivity index (χ2v) is 10.3. The van der Waals surface area contributed by atoms with Crippen molar-refractivity contribution in [2.75, 3.05) is 57.2 Å². The summed E-state index contributed by atoms with van der Waals surface area (Å²) in [6.45, 7) is 4.75. The van der Waals surface area contributed by atoms with Crippen LogP contribution in [-0.4, -0.2) is 66.8 Å². The number of benzene rings is 2. The van der Waals surface area contributed by atoms with Gasteiger partial charge >= 0.3 is 0 Å². The van der Waals surface area contributed by atoms with Gasteiger partial charge in [-0.2, -0.15) is 5.10 Å². The van der Waals surface area contributed by atoms with Crippen LogP contribution in [0.15, 0.2) is 55.1 Å². The third-order valence-corrected chi connectivity index (χ3v) is 7.42. The van der Waals surface area contributed by atoms with Crippen LogP contribution >= 0.6 is 0 Å². The van der Waals surface area contributed by atoms with E-state index >= 15 is 0 Å². The number of methoxy groups -OCH3 is 2. The summed E-state index contributed by atoms with van der Waals surface area (Å²) in [5, 5.41) is 10.8. The van der Waals surface area contributed by atoms with Gasteiger partial charge in [-0.25, -0.2) is 18.7 Å². The summed E-state index contributed by atoms with van der Waals surface area (Å²) in [6.07, 6.45) is 6.48. The predicted octanol–water partition coefficient (Wildman–Crippen LogP) is 3.78. The number of rotatable bonds is 12. The minimum absolute atomic E-state index is 0.146. The molecular formula is C29H31F2N7O4. The molecule has 11 nitrogen and oxygen atoms in total. The fourth-order valence-corrected chi connectivity index (χ4v) is 5.09. The maximum atomic E-state index is 14.6. The third-order valence-electron chi connectivity index (χ3n) is 7.42. The fourth-order valence-electron chi connectivity index (χ4n) is 5.09. The number of halogens is 2. The van der Waals surface area contributed by atoms with Gasteiger partial charge in [0.05, 0.1) is 44.4 Å². The SMILES string of the molecule is COc1cc(OC)c(F)c(COc2cnc(Nc3ccc(N4CC5(CNC5)C4)c(OCCn4cccn4)c3)nc2)c1F. The molecule has 2 aromatic heterocycles. The molecule has 6 rings (SSSR count). The Morgan fingerprint density at radius 2 is 1.71 bits per heavy atom. The van der Waals surface area contributed by atoms with Gasteiger partial charge < -0.3 is 34.5 Å². The van der Waals surface area contributed by atoms with Gasteiger partial charge in [-0.15, -0.1) is 0 Å². The van der Waals surface area contributed by atoms with E-state index in [1.807, 2.05) is 35.1 Å². The highest BCUT2D eigenvalue weighted by atomic mass is 19.1. The summed E-state index contributed by atoms with van der Waals surface area (Å²) in [5.74, 6) is -0.707. The van der Waals surface area contributed by atoms with Crippen molar-refractivity contribution in [2.24, 2.45) is 5.41 Å². The van der Waals surface area contributed by atoms with Crippen LogP contribution in [-0.2, 0) is 13.2 Å². The van der Waals surface area contributed by atoms with Crippen LogP contribution in [0.25, 0.3) is 0 Å². The monoisotopic (exact) mass is 579 g/mol. The summed E-state index contributed by atoms with van der Waals surface area (Å²) in [5.41, 5.74) is 1.83. The Morgan fingerprint density at radius 3 is 2.33 bits per heavy atom. The molecule has 220 valence electrons. The zero-order valence-electron chi connectivity index (χ0n) is 23.3. The van der Waals surface area contributed by atoms with Crippen molar-refractivity contribution in [3.8, 4) is 23.0 Å². The first kappa shape index (κ1) is 27.5. The molecule has 0 radical (unpaired) electrons. The molecule has 13 heteroatoms. The van der Waals surface area contributed by atoms with Gasteiger partial charge in [-0.3, -0.25) is 4.68 Å². The van der Waals surface area contributed by atoms with E-state index in [0.29, 0.717) is 24.5 Å². The normalized spacial score (nSPS) is 15.1. The molecule has 0 aliphatic carbocycles. The van der Waals surface area contributed by atoms with Crippen LogP contribution in [0.2, 0.25) is 0 Å². The smallest absolute Gasteiger partial charge is 0.227 e. The lowest BCUT2D eigenvalue weighted by Gasteiger charge is -2.57. The number of ether oxygens (including phenoxy) is 4. The molecule has 1 spiro atoms. The van der Waals surface area contributed by atoms with Gasteiger partial charge in [0.2, 0.25) is 5.95 Å². The van der Waals surface area contributed by atoms with Gasteiger partial charge in [0, 0.05) is 61.8 Å². The largest absolute Gasteiger partial charge is 0.494 e. The molecule has 0 bridgehead atoms. The van der Waals surface area contributed by atoms with Gasteiger partial charge in [-0.05, 0) is 18.2 Å². The van der Waals surface area contributed by atoms with Gasteiger partial charge in [0.15, 0.2) is 28.9 Å². The zero-order valence-corrected chi connectivity index (χ0v) is 23.3. The Bertz CT molecular complexity index is 1500. The lowest BCUT2D eigenvalue weighted by atomic mass is 9.74. The number of anilines is 3. The predicted molar refractivity (Wildman–Crippen MR) is 151 cm³/mol. The van der Waals surface area contributed by atoms with Gasteiger partial charge in [0.1, 0.15) is 19.0 Å². The Balaban J connectivity index is 1.12. The highest BCUT2D eigenvalue weighted by Crippen LogP contribution is 2.42. The van der Waals surface area contributed by atoms with Crippen LogP contribution in [0.1, 0.15) is 5.56 Å². The highest BCUT2D eigenvalue weighted by Gasteiger charge is 2.48. The molecule has 2 aliphatic heterocycles. The van der Waals surface area contributed by atoms with E-state index in [-0.39, 0.29) is 22.8 Å². The van der Waals surface area contributed by atoms with Crippen molar-refractivity contribution in [3.05, 3.63) is 72.3 Å². The van der Waals surface area contributed by atoms with Crippen molar-refractivity contribution in [2.45, 2.75) is 13.2 Å². The average Bonchev–Trinajstić information content (AvgIpc) is 3.47. The first-order valence-electron chi connectivity index (χ1n) is 13.5. The van der Waals surface area contributed by atoms with E-state index in [1.165, 1.54) is 26.6 Å². The lowest BCUT2D eigenvalue weighted by molar-refractivity contribution is 0.120. The quantitative estimate of drug-likeness (QED) is 0.258. The van der Waals surface area contributed by atoms with Crippen molar-refractivity contribution < 1.29 is 27.7 Å². The van der Waals surface area contributed by atoms with Crippen LogP contribution in [0.4, 0.5) is 26.1 Å². The molecule has 0 unspecified atom stereocenters. The van der Waals surface area contributed by atoms with Crippen molar-refractivity contribution in [1.29, 1.82) is 0 Å². The first-order chi connectivity index (χ1) is 20.5. The van der Waals surface area contributed by atoms with Crippen LogP contribution in [0.3, 0.4) is 0 Å². The molecule has 42 heavy (non-hydrogen) atoms. The van der Waals surface area contributed by atoms with Crippen molar-refractivity contribution in [1.82, 2.24) is 25.1 Å². The van der Waals surface area contributed by atoms with Crippen molar-refractivity contribution in [3.63, 3.8) is 0 Å². The molecule has 2 N–H and O–H groups in total. The number of nitrogens with zero attached hydrogens (tertiary/aromatic N) is 5. The fraction of sp³-hybridized carbons (Fsp3) is 0.345. The summed E-state index contributed by atoms with van der Waals surface area (Å²) in [6, 6.07) is 8.94. The summed E-state index contributed by atoms with van der Waals surface area (Å²) in [7, 11) is 2.58. The average molecular weight is 580 g/mol. The van der Waals surface area contributed by atoms with E-state index in [0.717, 1.165) is 49.4 Å².